The van der Waals surface area contributed by atoms with Gasteiger partial charge in [-0.25, -0.2) is 5.43 Å². The minimum Gasteiger partial charge on any atom is -0.492 e. The van der Waals surface area contributed by atoms with Gasteiger partial charge in [-0.05, 0) is 48.9 Å². The van der Waals surface area contributed by atoms with E-state index in [-0.39, 0.29) is 5.56 Å². The van der Waals surface area contributed by atoms with E-state index in [1.807, 2.05) is 7.05 Å². The summed E-state index contributed by atoms with van der Waals surface area (Å²) < 4.78 is 45.0. The van der Waals surface area contributed by atoms with Crippen molar-refractivity contribution in [3.05, 3.63) is 64.2 Å². The lowest BCUT2D eigenvalue weighted by atomic mass is 10.1. The molecule has 0 atom stereocenters. The Morgan fingerprint density at radius 2 is 2.00 bits per heavy atom. The number of halogens is 4. The van der Waals surface area contributed by atoms with Crippen molar-refractivity contribution in [1.82, 2.24) is 15.8 Å². The first-order valence-electron chi connectivity index (χ1n) is 10.9. The minimum absolute atomic E-state index is 0.0928. The fourth-order valence-electron chi connectivity index (χ4n) is 3.44. The Balaban J connectivity index is 1.82. The number of nitrogens with zero attached hydrogens (tertiary/aromatic N) is 1. The van der Waals surface area contributed by atoms with Crippen LogP contribution in [0, 0.1) is 5.92 Å². The van der Waals surface area contributed by atoms with E-state index in [1.54, 1.807) is 23.2 Å². The molecule has 0 fully saturated rings. The van der Waals surface area contributed by atoms with Crippen LogP contribution in [0.3, 0.4) is 0 Å². The third-order valence-corrected chi connectivity index (χ3v) is 5.41. The first-order valence-corrected chi connectivity index (χ1v) is 11.3. The molecule has 1 heterocycles. The van der Waals surface area contributed by atoms with E-state index >= 15 is 0 Å². The molecule has 1 aliphatic heterocycles. The van der Waals surface area contributed by atoms with Crippen LogP contribution in [0.2, 0.25) is 0 Å². The molecule has 0 unspecified atom stereocenters. The molecule has 3 N–H and O–H groups in total. The molecule has 0 bridgehead atoms. The summed E-state index contributed by atoms with van der Waals surface area (Å²) in [5.41, 5.74) is 3.88. The van der Waals surface area contributed by atoms with E-state index in [0.717, 1.165) is 18.7 Å². The van der Waals surface area contributed by atoms with Crippen LogP contribution in [0.15, 0.2) is 47.5 Å². The van der Waals surface area contributed by atoms with Crippen LogP contribution in [0.25, 0.3) is 5.70 Å². The lowest BCUT2D eigenvalue weighted by Crippen LogP contribution is -2.27. The molecule has 34 heavy (non-hydrogen) atoms. The van der Waals surface area contributed by atoms with Crippen molar-refractivity contribution in [1.29, 1.82) is 0 Å². The van der Waals surface area contributed by atoms with Crippen molar-refractivity contribution in [2.24, 2.45) is 5.92 Å². The summed E-state index contributed by atoms with van der Waals surface area (Å²) in [6, 6.07) is 9.34. The number of carbonyl (C=O) groups excluding carboxylic acids is 1. The number of ether oxygens (including phenoxy) is 1. The third kappa shape index (κ3) is 6.65. The summed E-state index contributed by atoms with van der Waals surface area (Å²) in [5, 5.41) is 8.32. The van der Waals surface area contributed by atoms with Gasteiger partial charge in [0.1, 0.15) is 12.4 Å². The second-order valence-electron chi connectivity index (χ2n) is 8.34. The average molecular weight is 497 g/mol. The van der Waals surface area contributed by atoms with Gasteiger partial charge in [0.2, 0.25) is 0 Å². The number of amides is 1. The molecular weight excluding hydrogens is 469 g/mol. The van der Waals surface area contributed by atoms with Crippen molar-refractivity contribution in [2.75, 3.05) is 38.6 Å². The van der Waals surface area contributed by atoms with Crippen molar-refractivity contribution in [3.63, 3.8) is 0 Å². The number of benzene rings is 2. The second kappa shape index (κ2) is 11.1. The number of carbonyl (C=O) groups is 1. The zero-order valence-electron chi connectivity index (χ0n) is 19.2. The van der Waals surface area contributed by atoms with Crippen LogP contribution in [0.4, 0.5) is 18.9 Å². The van der Waals surface area contributed by atoms with Crippen LogP contribution >= 0.6 is 11.6 Å². The molecule has 0 aromatic heterocycles. The van der Waals surface area contributed by atoms with Crippen LogP contribution < -0.4 is 20.8 Å². The number of hydrogen-bond acceptors (Lipinski definition) is 5. The number of hydrogen-bond donors (Lipinski definition) is 3. The molecule has 6 nitrogen and oxygen atoms in total. The molecule has 0 aliphatic carbocycles. The summed E-state index contributed by atoms with van der Waals surface area (Å²) >= 11 is 6.43. The number of nitrogens with one attached hydrogen (secondary N) is 3. The van der Waals surface area contributed by atoms with Gasteiger partial charge in [-0.15, -0.1) is 0 Å². The van der Waals surface area contributed by atoms with Crippen LogP contribution in [0.1, 0.15) is 35.3 Å². The standard InChI is InChI=1S/C24H28ClF3N4O2/c1-15(2)13-29-9-10-34-21-8-7-18(12-19(21)22-20(25)14-30-32(22)3)31-23(33)16-5-4-6-17(11-16)24(26,27)28/h4-8,11-12,15,29-30H,9-10,13-14H2,1-3H3,(H,31,33). The monoisotopic (exact) mass is 496 g/mol. The summed E-state index contributed by atoms with van der Waals surface area (Å²) in [6.45, 7) is 6.65. The molecule has 2 aromatic carbocycles. The average Bonchev–Trinajstić information content (AvgIpc) is 3.11. The van der Waals surface area contributed by atoms with Crippen LogP contribution in [0.5, 0.6) is 5.75 Å². The summed E-state index contributed by atoms with van der Waals surface area (Å²) in [5.74, 6) is 0.450. The normalized spacial score (nSPS) is 14.2. The van der Waals surface area contributed by atoms with Gasteiger partial charge in [-0.2, -0.15) is 13.2 Å². The molecule has 184 valence electrons. The molecule has 0 radical (unpaired) electrons. The fraction of sp³-hybridized carbons (Fsp3) is 0.375. The quantitative estimate of drug-likeness (QED) is 0.429. The number of hydrazine groups is 1. The molecular formula is C24H28ClF3N4O2. The van der Waals surface area contributed by atoms with E-state index in [0.29, 0.717) is 53.3 Å². The number of anilines is 1. The lowest BCUT2D eigenvalue weighted by molar-refractivity contribution is -0.137. The third-order valence-electron chi connectivity index (χ3n) is 5.10. The first kappa shape index (κ1) is 25.9. The van der Waals surface area contributed by atoms with Crippen LogP contribution in [-0.2, 0) is 6.18 Å². The first-order chi connectivity index (χ1) is 16.1. The Labute approximate surface area is 202 Å². The lowest BCUT2D eigenvalue weighted by Gasteiger charge is -2.20. The molecule has 1 amide bonds. The second-order valence-corrected chi connectivity index (χ2v) is 8.79. The van der Waals surface area contributed by atoms with Crippen molar-refractivity contribution < 1.29 is 22.7 Å². The Kier molecular flexibility index (Phi) is 8.46. The maximum atomic E-state index is 13.0. The zero-order chi connectivity index (χ0) is 24.9. The molecule has 1 aliphatic rings. The highest BCUT2D eigenvalue weighted by Gasteiger charge is 2.31. The molecule has 0 spiro atoms. The molecule has 10 heteroatoms. The molecule has 3 rings (SSSR count). The number of alkyl halides is 3. The molecule has 0 saturated heterocycles. The topological polar surface area (TPSA) is 65.6 Å². The SMILES string of the molecule is CC(C)CNCCOc1ccc(NC(=O)c2cccc(C(F)(F)F)c2)cc1C1=C(Cl)CNN1C. The van der Waals surface area contributed by atoms with Gasteiger partial charge in [0.25, 0.3) is 5.91 Å². The minimum atomic E-state index is -4.53. The largest absolute Gasteiger partial charge is 0.492 e. The number of rotatable bonds is 9. The van der Waals surface area contributed by atoms with Gasteiger partial charge in [0.15, 0.2) is 0 Å². The zero-order valence-corrected chi connectivity index (χ0v) is 20.0. The van der Waals surface area contributed by atoms with Gasteiger partial charge in [-0.3, -0.25) is 4.79 Å². The Morgan fingerprint density at radius 3 is 2.65 bits per heavy atom. The van der Waals surface area contributed by atoms with Crippen molar-refractivity contribution >= 4 is 28.9 Å². The highest BCUT2D eigenvalue weighted by molar-refractivity contribution is 6.33. The van der Waals surface area contributed by atoms with Gasteiger partial charge in [-0.1, -0.05) is 31.5 Å². The van der Waals surface area contributed by atoms with Gasteiger partial charge in [0, 0.05) is 30.4 Å². The molecule has 2 aromatic rings. The van der Waals surface area contributed by atoms with Gasteiger partial charge >= 0.3 is 6.18 Å². The fourth-order valence-corrected chi connectivity index (χ4v) is 3.73. The smallest absolute Gasteiger partial charge is 0.416 e. The summed E-state index contributed by atoms with van der Waals surface area (Å²) in [7, 11) is 1.81. The highest BCUT2D eigenvalue weighted by atomic mass is 35.5. The summed E-state index contributed by atoms with van der Waals surface area (Å²) in [4.78, 5) is 12.7. The van der Waals surface area contributed by atoms with E-state index in [9.17, 15) is 18.0 Å². The Hall–Kier alpha value is -2.75. The van der Waals surface area contributed by atoms with Crippen LogP contribution in [-0.4, -0.2) is 44.2 Å². The van der Waals surface area contributed by atoms with E-state index in [2.05, 4.69) is 29.9 Å². The van der Waals surface area contributed by atoms with Crippen molar-refractivity contribution in [2.45, 2.75) is 20.0 Å². The van der Waals surface area contributed by atoms with E-state index in [1.165, 1.54) is 12.1 Å². The predicted molar refractivity (Wildman–Crippen MR) is 128 cm³/mol. The maximum Gasteiger partial charge on any atom is 0.416 e. The van der Waals surface area contributed by atoms with E-state index in [4.69, 9.17) is 16.3 Å². The van der Waals surface area contributed by atoms with Gasteiger partial charge < -0.3 is 20.4 Å². The predicted octanol–water partition coefficient (Wildman–Crippen LogP) is 4.94. The van der Waals surface area contributed by atoms with E-state index < -0.39 is 17.6 Å². The molecule has 0 saturated carbocycles. The highest BCUT2D eigenvalue weighted by Crippen LogP contribution is 2.36. The maximum absolute atomic E-state index is 13.0. The Bertz CT molecular complexity index is 1060. The van der Waals surface area contributed by atoms with Gasteiger partial charge in [0.05, 0.1) is 22.8 Å². The summed E-state index contributed by atoms with van der Waals surface area (Å²) in [6.07, 6.45) is -4.53. The van der Waals surface area contributed by atoms with Crippen molar-refractivity contribution in [3.8, 4) is 5.75 Å². The Morgan fingerprint density at radius 1 is 1.24 bits per heavy atom.